The van der Waals surface area contributed by atoms with Crippen molar-refractivity contribution in [2.24, 2.45) is 0 Å². The van der Waals surface area contributed by atoms with E-state index in [2.05, 4.69) is 61.2 Å². The molecular formula is C25H29NO3S2. The first-order valence-electron chi connectivity index (χ1n) is 10.5. The third-order valence-corrected chi connectivity index (χ3v) is 7.26. The van der Waals surface area contributed by atoms with Gasteiger partial charge in [0.15, 0.2) is 0 Å². The summed E-state index contributed by atoms with van der Waals surface area (Å²) in [6, 6.07) is 23.0. The van der Waals surface area contributed by atoms with Crippen LogP contribution in [-0.2, 0) is 10.1 Å². The Balaban J connectivity index is 0.000000229. The Hall–Kier alpha value is -2.28. The van der Waals surface area contributed by atoms with Crippen LogP contribution < -0.4 is 4.90 Å². The van der Waals surface area contributed by atoms with Crippen molar-refractivity contribution >= 4 is 27.6 Å². The lowest BCUT2D eigenvalue weighted by Crippen LogP contribution is -2.29. The summed E-state index contributed by atoms with van der Waals surface area (Å²) in [7, 11) is -4.00. The minimum absolute atomic E-state index is 0.0741. The molecular weight excluding hydrogens is 426 g/mol. The standard InChI is InChI=1S/C19H23NS.C6H6O3S/c1-15-10-11-18(16(2)14-15)21-19-9-5-4-8-17(19)20-12-6-3-7-13-20;7-10(8,9)6-4-2-1-3-5-6/h4-5,8-11,14H,3,6-7,12-13H2,1-2H3;1-5H,(H,7,8,9). The van der Waals surface area contributed by atoms with Gasteiger partial charge in [-0.3, -0.25) is 4.55 Å². The number of piperidine rings is 1. The average Bonchev–Trinajstić information content (AvgIpc) is 2.77. The van der Waals surface area contributed by atoms with Crippen LogP contribution in [0.3, 0.4) is 0 Å². The summed E-state index contributed by atoms with van der Waals surface area (Å²) in [4.78, 5) is 5.22. The molecule has 0 saturated carbocycles. The van der Waals surface area contributed by atoms with E-state index < -0.39 is 10.1 Å². The molecule has 4 rings (SSSR count). The highest BCUT2D eigenvalue weighted by molar-refractivity contribution is 7.99. The second kappa shape index (κ2) is 10.8. The van der Waals surface area contributed by atoms with Gasteiger partial charge in [0.2, 0.25) is 0 Å². The molecule has 1 fully saturated rings. The third-order valence-electron chi connectivity index (χ3n) is 5.15. The van der Waals surface area contributed by atoms with Gasteiger partial charge in [0.05, 0.1) is 10.6 Å². The minimum Gasteiger partial charge on any atom is -0.371 e. The number of para-hydroxylation sites is 1. The van der Waals surface area contributed by atoms with E-state index in [0.717, 1.165) is 0 Å². The van der Waals surface area contributed by atoms with Gasteiger partial charge >= 0.3 is 0 Å². The first-order valence-corrected chi connectivity index (χ1v) is 12.7. The van der Waals surface area contributed by atoms with Gasteiger partial charge in [-0.1, -0.05) is 59.8 Å². The Morgan fingerprint density at radius 3 is 2.06 bits per heavy atom. The molecule has 0 spiro atoms. The lowest BCUT2D eigenvalue weighted by Gasteiger charge is -2.30. The molecule has 1 heterocycles. The van der Waals surface area contributed by atoms with E-state index in [4.69, 9.17) is 4.55 Å². The van der Waals surface area contributed by atoms with E-state index in [9.17, 15) is 8.42 Å². The topological polar surface area (TPSA) is 57.6 Å². The monoisotopic (exact) mass is 455 g/mol. The molecule has 0 unspecified atom stereocenters. The first-order chi connectivity index (χ1) is 14.8. The zero-order valence-electron chi connectivity index (χ0n) is 18.0. The first kappa shape index (κ1) is 23.4. The number of aryl methyl sites for hydroxylation is 2. The number of nitrogens with zero attached hydrogens (tertiary/aromatic N) is 1. The molecule has 3 aromatic rings. The summed E-state index contributed by atoms with van der Waals surface area (Å²) in [5.41, 5.74) is 4.11. The molecule has 6 heteroatoms. The predicted molar refractivity (Wildman–Crippen MR) is 129 cm³/mol. The molecule has 31 heavy (non-hydrogen) atoms. The molecule has 1 aliphatic rings. The van der Waals surface area contributed by atoms with Gasteiger partial charge < -0.3 is 4.90 Å². The Labute approximate surface area is 190 Å². The van der Waals surface area contributed by atoms with Crippen LogP contribution in [0.1, 0.15) is 30.4 Å². The van der Waals surface area contributed by atoms with Crippen molar-refractivity contribution in [1.29, 1.82) is 0 Å². The summed E-state index contributed by atoms with van der Waals surface area (Å²) in [5, 5.41) is 0. The zero-order chi connectivity index (χ0) is 22.3. The van der Waals surface area contributed by atoms with Gasteiger partial charge in [0.25, 0.3) is 10.1 Å². The fraction of sp³-hybridized carbons (Fsp3) is 0.280. The predicted octanol–water partition coefficient (Wildman–Crippen LogP) is 6.38. The van der Waals surface area contributed by atoms with Gasteiger partial charge in [0, 0.05) is 22.9 Å². The molecule has 0 bridgehead atoms. The Morgan fingerprint density at radius 2 is 1.45 bits per heavy atom. The molecule has 0 atom stereocenters. The zero-order valence-corrected chi connectivity index (χ0v) is 19.6. The SMILES string of the molecule is Cc1ccc(Sc2ccccc2N2CCCCC2)c(C)c1.O=S(=O)(O)c1ccccc1. The van der Waals surface area contributed by atoms with Crippen LogP contribution in [0.15, 0.2) is 87.5 Å². The lowest BCUT2D eigenvalue weighted by molar-refractivity contribution is 0.483. The van der Waals surface area contributed by atoms with Crippen LogP contribution in [-0.4, -0.2) is 26.1 Å². The van der Waals surface area contributed by atoms with Crippen LogP contribution in [0, 0.1) is 13.8 Å². The van der Waals surface area contributed by atoms with Crippen LogP contribution in [0.25, 0.3) is 0 Å². The van der Waals surface area contributed by atoms with Crippen molar-refractivity contribution in [3.63, 3.8) is 0 Å². The molecule has 1 saturated heterocycles. The molecule has 0 aliphatic carbocycles. The Morgan fingerprint density at radius 1 is 0.806 bits per heavy atom. The number of rotatable bonds is 4. The van der Waals surface area contributed by atoms with Gasteiger partial charge in [-0.15, -0.1) is 0 Å². The Bertz CT molecular complexity index is 1090. The molecule has 0 radical (unpaired) electrons. The van der Waals surface area contributed by atoms with E-state index in [-0.39, 0.29) is 4.90 Å². The quantitative estimate of drug-likeness (QED) is 0.463. The second-order valence-corrected chi connectivity index (χ2v) is 10.2. The smallest absolute Gasteiger partial charge is 0.294 e. The van der Waals surface area contributed by atoms with Crippen molar-refractivity contribution in [2.45, 2.75) is 47.8 Å². The van der Waals surface area contributed by atoms with E-state index in [1.54, 1.807) is 18.2 Å². The largest absolute Gasteiger partial charge is 0.371 e. The van der Waals surface area contributed by atoms with Gasteiger partial charge in [-0.25, -0.2) is 0 Å². The van der Waals surface area contributed by atoms with Gasteiger partial charge in [-0.05, 0) is 69.0 Å². The summed E-state index contributed by atoms with van der Waals surface area (Å²) in [6.45, 7) is 6.76. The van der Waals surface area contributed by atoms with Crippen LogP contribution >= 0.6 is 11.8 Å². The van der Waals surface area contributed by atoms with Crippen molar-refractivity contribution in [3.05, 3.63) is 83.9 Å². The summed E-state index contributed by atoms with van der Waals surface area (Å²) >= 11 is 1.90. The van der Waals surface area contributed by atoms with E-state index in [0.29, 0.717) is 0 Å². The highest BCUT2D eigenvalue weighted by Crippen LogP contribution is 2.37. The minimum atomic E-state index is -4.00. The fourth-order valence-corrected chi connectivity index (χ4v) is 5.11. The van der Waals surface area contributed by atoms with E-state index in [1.165, 1.54) is 71.1 Å². The summed E-state index contributed by atoms with van der Waals surface area (Å²) < 4.78 is 29.2. The van der Waals surface area contributed by atoms with E-state index in [1.807, 2.05) is 11.8 Å². The molecule has 4 nitrogen and oxygen atoms in total. The fourth-order valence-electron chi connectivity index (χ4n) is 3.56. The number of hydrogen-bond donors (Lipinski definition) is 1. The number of benzene rings is 3. The van der Waals surface area contributed by atoms with Gasteiger partial charge in [-0.2, -0.15) is 8.42 Å². The van der Waals surface area contributed by atoms with Gasteiger partial charge in [0.1, 0.15) is 0 Å². The number of hydrogen-bond acceptors (Lipinski definition) is 4. The van der Waals surface area contributed by atoms with Crippen molar-refractivity contribution < 1.29 is 13.0 Å². The highest BCUT2D eigenvalue weighted by atomic mass is 32.2. The summed E-state index contributed by atoms with van der Waals surface area (Å²) in [5.74, 6) is 0. The van der Waals surface area contributed by atoms with Crippen molar-refractivity contribution in [1.82, 2.24) is 0 Å². The third kappa shape index (κ3) is 6.86. The van der Waals surface area contributed by atoms with Crippen LogP contribution in [0.4, 0.5) is 5.69 Å². The molecule has 164 valence electrons. The van der Waals surface area contributed by atoms with Crippen molar-refractivity contribution in [2.75, 3.05) is 18.0 Å². The molecule has 0 aromatic heterocycles. The van der Waals surface area contributed by atoms with Crippen molar-refractivity contribution in [3.8, 4) is 0 Å². The molecule has 1 aliphatic heterocycles. The lowest BCUT2D eigenvalue weighted by atomic mass is 10.1. The highest BCUT2D eigenvalue weighted by Gasteiger charge is 2.15. The maximum Gasteiger partial charge on any atom is 0.294 e. The maximum absolute atomic E-state index is 10.4. The summed E-state index contributed by atoms with van der Waals surface area (Å²) in [6.07, 6.45) is 4.02. The maximum atomic E-state index is 10.4. The number of anilines is 1. The second-order valence-electron chi connectivity index (χ2n) is 7.67. The Kier molecular flexibility index (Phi) is 8.18. The molecule has 0 amide bonds. The normalized spacial score (nSPS) is 14.0. The molecule has 3 aromatic carbocycles. The average molecular weight is 456 g/mol. The molecule has 1 N–H and O–H groups in total. The van der Waals surface area contributed by atoms with Crippen LogP contribution in [0.5, 0.6) is 0 Å². The van der Waals surface area contributed by atoms with E-state index >= 15 is 0 Å². The van der Waals surface area contributed by atoms with Crippen LogP contribution in [0.2, 0.25) is 0 Å².